The van der Waals surface area contributed by atoms with E-state index in [1.54, 1.807) is 0 Å². The summed E-state index contributed by atoms with van der Waals surface area (Å²) in [5.74, 6) is -0.187. The van der Waals surface area contributed by atoms with Crippen molar-refractivity contribution in [2.75, 3.05) is 0 Å². The molecular formula is C10H12O3. The third-order valence-corrected chi connectivity index (χ3v) is 2.75. The molecule has 13 heavy (non-hydrogen) atoms. The van der Waals surface area contributed by atoms with Crippen molar-refractivity contribution < 1.29 is 14.3 Å². The highest BCUT2D eigenvalue weighted by Crippen LogP contribution is 2.34. The molecule has 0 spiro atoms. The van der Waals surface area contributed by atoms with Crippen LogP contribution in [-0.4, -0.2) is 11.9 Å². The number of esters is 2. The molecule has 0 bridgehead atoms. The Kier molecular flexibility index (Phi) is 1.94. The van der Waals surface area contributed by atoms with Gasteiger partial charge in [-0.15, -0.1) is 0 Å². The molecule has 3 heteroatoms. The second kappa shape index (κ2) is 2.98. The molecule has 3 atom stereocenters. The van der Waals surface area contributed by atoms with Crippen LogP contribution in [0.4, 0.5) is 0 Å². The van der Waals surface area contributed by atoms with E-state index < -0.39 is 0 Å². The monoisotopic (exact) mass is 180 g/mol. The summed E-state index contributed by atoms with van der Waals surface area (Å²) in [6.45, 7) is 2.11. The highest BCUT2D eigenvalue weighted by molar-refractivity contribution is 5.94. The van der Waals surface area contributed by atoms with Gasteiger partial charge in [-0.1, -0.05) is 19.1 Å². The summed E-state index contributed by atoms with van der Waals surface area (Å²) in [6, 6.07) is 0. The maximum Gasteiger partial charge on any atom is 0.317 e. The normalized spacial score (nSPS) is 38.4. The van der Waals surface area contributed by atoms with E-state index in [9.17, 15) is 9.59 Å². The molecule has 3 unspecified atom stereocenters. The van der Waals surface area contributed by atoms with Crippen LogP contribution in [0, 0.1) is 17.8 Å². The Labute approximate surface area is 76.8 Å². The molecule has 0 aromatic heterocycles. The van der Waals surface area contributed by atoms with E-state index in [0.29, 0.717) is 5.92 Å². The van der Waals surface area contributed by atoms with Gasteiger partial charge in [-0.2, -0.15) is 0 Å². The van der Waals surface area contributed by atoms with Crippen molar-refractivity contribution in [3.8, 4) is 0 Å². The first-order valence-corrected chi connectivity index (χ1v) is 4.59. The van der Waals surface area contributed by atoms with E-state index in [2.05, 4.69) is 17.7 Å². The number of carbonyl (C=O) groups excluding carboxylic acids is 2. The summed E-state index contributed by atoms with van der Waals surface area (Å²) in [5.41, 5.74) is 0. The Balaban J connectivity index is 2.06. The second-order valence-electron chi connectivity index (χ2n) is 3.87. The number of rotatable bonds is 1. The van der Waals surface area contributed by atoms with Crippen LogP contribution in [0.1, 0.15) is 19.8 Å². The first-order valence-electron chi connectivity index (χ1n) is 4.59. The van der Waals surface area contributed by atoms with Gasteiger partial charge in [0, 0.05) is 0 Å². The van der Waals surface area contributed by atoms with E-state index in [1.807, 2.05) is 6.08 Å². The maximum atomic E-state index is 11.2. The van der Waals surface area contributed by atoms with Crippen LogP contribution in [0.25, 0.3) is 0 Å². The average molecular weight is 180 g/mol. The third-order valence-electron chi connectivity index (χ3n) is 2.75. The van der Waals surface area contributed by atoms with Crippen LogP contribution in [0.2, 0.25) is 0 Å². The molecule has 0 N–H and O–H groups in total. The zero-order chi connectivity index (χ0) is 9.42. The van der Waals surface area contributed by atoms with Gasteiger partial charge in [0.05, 0.1) is 12.3 Å². The minimum Gasteiger partial charge on any atom is -0.393 e. The fourth-order valence-corrected chi connectivity index (χ4v) is 2.04. The lowest BCUT2D eigenvalue weighted by atomic mass is 9.89. The lowest BCUT2D eigenvalue weighted by molar-refractivity contribution is -0.153. The van der Waals surface area contributed by atoms with Gasteiger partial charge in [-0.05, 0) is 18.3 Å². The van der Waals surface area contributed by atoms with Crippen molar-refractivity contribution in [1.82, 2.24) is 0 Å². The SMILES string of the molecule is CC1C=CC(C2CC(=O)OC2=O)C1. The van der Waals surface area contributed by atoms with Gasteiger partial charge in [0.25, 0.3) is 0 Å². The average Bonchev–Trinajstić information content (AvgIpc) is 2.58. The minimum absolute atomic E-state index is 0.214. The van der Waals surface area contributed by atoms with Gasteiger partial charge in [0.1, 0.15) is 0 Å². The quantitative estimate of drug-likeness (QED) is 0.347. The Morgan fingerprint density at radius 1 is 1.38 bits per heavy atom. The molecule has 3 nitrogen and oxygen atoms in total. The van der Waals surface area contributed by atoms with Crippen LogP contribution < -0.4 is 0 Å². The fourth-order valence-electron chi connectivity index (χ4n) is 2.04. The van der Waals surface area contributed by atoms with Crippen molar-refractivity contribution in [2.45, 2.75) is 19.8 Å². The van der Waals surface area contributed by atoms with Crippen LogP contribution in [0.15, 0.2) is 12.2 Å². The fraction of sp³-hybridized carbons (Fsp3) is 0.600. The van der Waals surface area contributed by atoms with E-state index >= 15 is 0 Å². The Morgan fingerprint density at radius 3 is 2.62 bits per heavy atom. The summed E-state index contributed by atoms with van der Waals surface area (Å²) < 4.78 is 4.51. The maximum absolute atomic E-state index is 11.2. The zero-order valence-corrected chi connectivity index (χ0v) is 7.53. The Morgan fingerprint density at radius 2 is 2.15 bits per heavy atom. The first-order chi connectivity index (χ1) is 6.16. The minimum atomic E-state index is -0.372. The van der Waals surface area contributed by atoms with Crippen LogP contribution >= 0.6 is 0 Å². The van der Waals surface area contributed by atoms with Gasteiger partial charge < -0.3 is 4.74 Å². The number of ether oxygens (including phenoxy) is 1. The van der Waals surface area contributed by atoms with E-state index in [4.69, 9.17) is 0 Å². The summed E-state index contributed by atoms with van der Waals surface area (Å²) in [6.07, 6.45) is 5.36. The van der Waals surface area contributed by atoms with Crippen molar-refractivity contribution in [3.63, 3.8) is 0 Å². The molecule has 1 saturated heterocycles. The predicted molar refractivity (Wildman–Crippen MR) is 45.6 cm³/mol. The molecule has 0 aromatic carbocycles. The standard InChI is InChI=1S/C10H12O3/c1-6-2-3-7(4-6)8-5-9(11)13-10(8)12/h2-3,6-8H,4-5H2,1H3. The summed E-state index contributed by atoms with van der Waals surface area (Å²) in [7, 11) is 0. The molecule has 70 valence electrons. The number of hydrogen-bond acceptors (Lipinski definition) is 3. The topological polar surface area (TPSA) is 43.4 Å². The lowest BCUT2D eigenvalue weighted by Crippen LogP contribution is -2.16. The molecule has 2 aliphatic rings. The van der Waals surface area contributed by atoms with Crippen molar-refractivity contribution in [1.29, 1.82) is 0 Å². The first kappa shape index (κ1) is 8.48. The number of carbonyl (C=O) groups is 2. The van der Waals surface area contributed by atoms with Gasteiger partial charge >= 0.3 is 11.9 Å². The third kappa shape index (κ3) is 1.50. The lowest BCUT2D eigenvalue weighted by Gasteiger charge is -2.11. The molecule has 1 aliphatic heterocycles. The highest BCUT2D eigenvalue weighted by Gasteiger charge is 2.39. The molecule has 1 fully saturated rings. The van der Waals surface area contributed by atoms with Crippen LogP contribution in [0.3, 0.4) is 0 Å². The van der Waals surface area contributed by atoms with Gasteiger partial charge in [-0.3, -0.25) is 9.59 Å². The smallest absolute Gasteiger partial charge is 0.317 e. The molecule has 1 aliphatic carbocycles. The summed E-state index contributed by atoms with van der Waals surface area (Å²) in [4.78, 5) is 22.0. The Bertz CT molecular complexity index is 280. The number of allylic oxidation sites excluding steroid dienone is 2. The van der Waals surface area contributed by atoms with Crippen molar-refractivity contribution >= 4 is 11.9 Å². The van der Waals surface area contributed by atoms with Gasteiger partial charge in [0.2, 0.25) is 0 Å². The van der Waals surface area contributed by atoms with Gasteiger partial charge in [-0.25, -0.2) is 0 Å². The molecule has 0 amide bonds. The highest BCUT2D eigenvalue weighted by atomic mass is 16.6. The molecule has 0 saturated carbocycles. The molecule has 2 rings (SSSR count). The van der Waals surface area contributed by atoms with Crippen LogP contribution in [-0.2, 0) is 14.3 Å². The summed E-state index contributed by atoms with van der Waals surface area (Å²) >= 11 is 0. The van der Waals surface area contributed by atoms with Gasteiger partial charge in [0.15, 0.2) is 0 Å². The molecule has 0 aromatic rings. The number of hydrogen-bond donors (Lipinski definition) is 0. The van der Waals surface area contributed by atoms with Crippen molar-refractivity contribution in [3.05, 3.63) is 12.2 Å². The second-order valence-corrected chi connectivity index (χ2v) is 3.87. The largest absolute Gasteiger partial charge is 0.393 e. The summed E-state index contributed by atoms with van der Waals surface area (Å²) in [5, 5.41) is 0. The van der Waals surface area contributed by atoms with E-state index in [0.717, 1.165) is 6.42 Å². The molecule has 0 radical (unpaired) electrons. The van der Waals surface area contributed by atoms with E-state index in [1.165, 1.54) is 0 Å². The predicted octanol–water partition coefficient (Wildman–Crippen LogP) is 1.29. The van der Waals surface area contributed by atoms with Crippen molar-refractivity contribution in [2.24, 2.45) is 17.8 Å². The van der Waals surface area contributed by atoms with E-state index in [-0.39, 0.29) is 30.2 Å². The Hall–Kier alpha value is -1.12. The number of cyclic esters (lactones) is 2. The molecular weight excluding hydrogens is 168 g/mol. The molecule has 1 heterocycles. The van der Waals surface area contributed by atoms with Crippen LogP contribution in [0.5, 0.6) is 0 Å². The zero-order valence-electron chi connectivity index (χ0n) is 7.53.